The molecule has 1 aliphatic heterocycles. The summed E-state index contributed by atoms with van der Waals surface area (Å²) in [5, 5.41) is 5.53. The van der Waals surface area contributed by atoms with Crippen molar-refractivity contribution in [3.8, 4) is 0 Å². The molecular formula is C18H21FN4O2. The van der Waals surface area contributed by atoms with Crippen LogP contribution in [-0.2, 0) is 13.0 Å². The largest absolute Gasteiger partial charge is 0.351 e. The van der Waals surface area contributed by atoms with Crippen LogP contribution in [0.15, 0.2) is 24.3 Å². The number of amides is 2. The third kappa shape index (κ3) is 3.70. The average Bonchev–Trinajstić information content (AvgIpc) is 3.01. The maximum absolute atomic E-state index is 13.0. The van der Waals surface area contributed by atoms with Gasteiger partial charge in [0.1, 0.15) is 11.5 Å². The number of halogens is 1. The van der Waals surface area contributed by atoms with E-state index < -0.39 is 5.91 Å². The molecule has 0 saturated heterocycles. The van der Waals surface area contributed by atoms with Gasteiger partial charge in [0.25, 0.3) is 11.8 Å². The number of hydrogen-bond donors (Lipinski definition) is 2. The Kier molecular flexibility index (Phi) is 5.11. The standard InChI is InChI=1S/C18H21FN4O2/c1-2-10-20-17(24)15-14-5-3-4-11-23(14)16(22-15)18(25)21-13-8-6-12(19)7-9-13/h6-9H,2-5,10-11H2,1H3,(H,20,24)(H,21,25). The molecule has 2 N–H and O–H groups in total. The Morgan fingerprint density at radius 1 is 1.20 bits per heavy atom. The van der Waals surface area contributed by atoms with Crippen molar-refractivity contribution in [2.45, 2.75) is 39.2 Å². The first-order valence-electron chi connectivity index (χ1n) is 8.54. The van der Waals surface area contributed by atoms with Gasteiger partial charge in [-0.3, -0.25) is 9.59 Å². The van der Waals surface area contributed by atoms with Crippen molar-refractivity contribution in [2.75, 3.05) is 11.9 Å². The lowest BCUT2D eigenvalue weighted by molar-refractivity contribution is 0.0947. The van der Waals surface area contributed by atoms with Crippen molar-refractivity contribution in [1.82, 2.24) is 14.9 Å². The molecule has 2 heterocycles. The number of carbonyl (C=O) groups is 2. The van der Waals surface area contributed by atoms with E-state index in [9.17, 15) is 14.0 Å². The minimum atomic E-state index is -0.399. The van der Waals surface area contributed by atoms with Crippen LogP contribution in [0.4, 0.5) is 10.1 Å². The molecular weight excluding hydrogens is 323 g/mol. The summed E-state index contributed by atoms with van der Waals surface area (Å²) in [5.41, 5.74) is 1.62. The van der Waals surface area contributed by atoms with Crippen LogP contribution in [0.25, 0.3) is 0 Å². The molecule has 1 aliphatic rings. The molecule has 6 nitrogen and oxygen atoms in total. The molecule has 1 aromatic carbocycles. The predicted molar refractivity (Wildman–Crippen MR) is 92.1 cm³/mol. The lowest BCUT2D eigenvalue weighted by atomic mass is 10.1. The van der Waals surface area contributed by atoms with Crippen molar-refractivity contribution in [3.05, 3.63) is 47.3 Å². The minimum absolute atomic E-state index is 0.223. The number of anilines is 1. The Hall–Kier alpha value is -2.70. The molecule has 0 spiro atoms. The second-order valence-corrected chi connectivity index (χ2v) is 6.06. The van der Waals surface area contributed by atoms with Gasteiger partial charge in [0.15, 0.2) is 5.82 Å². The number of carbonyl (C=O) groups excluding carboxylic acids is 2. The van der Waals surface area contributed by atoms with Gasteiger partial charge < -0.3 is 15.2 Å². The van der Waals surface area contributed by atoms with Gasteiger partial charge in [0.05, 0.1) is 5.69 Å². The van der Waals surface area contributed by atoms with Crippen molar-refractivity contribution < 1.29 is 14.0 Å². The van der Waals surface area contributed by atoms with E-state index in [0.29, 0.717) is 24.5 Å². The summed E-state index contributed by atoms with van der Waals surface area (Å²) in [6.45, 7) is 3.21. The third-order valence-electron chi connectivity index (χ3n) is 4.17. The van der Waals surface area contributed by atoms with Gasteiger partial charge in [0, 0.05) is 18.8 Å². The summed E-state index contributed by atoms with van der Waals surface area (Å²) in [4.78, 5) is 29.3. The monoisotopic (exact) mass is 344 g/mol. The number of aromatic nitrogens is 2. The summed E-state index contributed by atoms with van der Waals surface area (Å²) in [5.74, 6) is -0.788. The van der Waals surface area contributed by atoms with Gasteiger partial charge in [-0.2, -0.15) is 0 Å². The molecule has 0 fully saturated rings. The van der Waals surface area contributed by atoms with E-state index in [1.165, 1.54) is 24.3 Å². The number of imidazole rings is 1. The molecule has 0 bridgehead atoms. The number of benzene rings is 1. The van der Waals surface area contributed by atoms with E-state index >= 15 is 0 Å². The van der Waals surface area contributed by atoms with Crippen LogP contribution in [0.3, 0.4) is 0 Å². The zero-order valence-electron chi connectivity index (χ0n) is 14.1. The van der Waals surface area contributed by atoms with E-state index in [4.69, 9.17) is 0 Å². The first-order chi connectivity index (χ1) is 12.1. The highest BCUT2D eigenvalue weighted by molar-refractivity contribution is 6.03. The summed E-state index contributed by atoms with van der Waals surface area (Å²) < 4.78 is 14.8. The van der Waals surface area contributed by atoms with Crippen LogP contribution >= 0.6 is 0 Å². The molecule has 2 amide bonds. The topological polar surface area (TPSA) is 76.0 Å². The molecule has 0 unspecified atom stereocenters. The Labute approximate surface area is 145 Å². The quantitative estimate of drug-likeness (QED) is 0.876. The van der Waals surface area contributed by atoms with E-state index in [2.05, 4.69) is 15.6 Å². The second-order valence-electron chi connectivity index (χ2n) is 6.06. The van der Waals surface area contributed by atoms with Gasteiger partial charge >= 0.3 is 0 Å². The summed E-state index contributed by atoms with van der Waals surface area (Å²) in [7, 11) is 0. The van der Waals surface area contributed by atoms with Crippen molar-refractivity contribution in [1.29, 1.82) is 0 Å². The second kappa shape index (κ2) is 7.46. The Morgan fingerprint density at radius 2 is 1.96 bits per heavy atom. The van der Waals surface area contributed by atoms with Crippen molar-refractivity contribution >= 4 is 17.5 Å². The maximum Gasteiger partial charge on any atom is 0.291 e. The van der Waals surface area contributed by atoms with Crippen LogP contribution in [0.1, 0.15) is 53.0 Å². The molecule has 0 saturated carbocycles. The van der Waals surface area contributed by atoms with Crippen LogP contribution in [-0.4, -0.2) is 27.9 Å². The number of nitrogens with one attached hydrogen (secondary N) is 2. The highest BCUT2D eigenvalue weighted by atomic mass is 19.1. The fourth-order valence-corrected chi connectivity index (χ4v) is 2.94. The van der Waals surface area contributed by atoms with E-state index in [1.54, 1.807) is 0 Å². The number of fused-ring (bicyclic) bond motifs is 1. The molecule has 25 heavy (non-hydrogen) atoms. The SMILES string of the molecule is CCCNC(=O)c1nc(C(=O)Nc2ccc(F)cc2)n2c1CCCC2. The van der Waals surface area contributed by atoms with Gasteiger partial charge in [-0.15, -0.1) is 0 Å². The van der Waals surface area contributed by atoms with Gasteiger partial charge in [0.2, 0.25) is 0 Å². The van der Waals surface area contributed by atoms with Crippen LogP contribution in [0.2, 0.25) is 0 Å². The Morgan fingerprint density at radius 3 is 2.68 bits per heavy atom. The summed E-state index contributed by atoms with van der Waals surface area (Å²) in [6, 6.07) is 5.53. The Bertz CT molecular complexity index is 783. The van der Waals surface area contributed by atoms with Crippen molar-refractivity contribution in [3.63, 3.8) is 0 Å². The lowest BCUT2D eigenvalue weighted by Crippen LogP contribution is -2.26. The van der Waals surface area contributed by atoms with Crippen molar-refractivity contribution in [2.24, 2.45) is 0 Å². The van der Waals surface area contributed by atoms with Gasteiger partial charge in [-0.25, -0.2) is 9.37 Å². The highest BCUT2D eigenvalue weighted by Crippen LogP contribution is 2.22. The predicted octanol–water partition coefficient (Wildman–Crippen LogP) is 2.75. The first kappa shape index (κ1) is 17.1. The fourth-order valence-electron chi connectivity index (χ4n) is 2.94. The minimum Gasteiger partial charge on any atom is -0.351 e. The molecule has 132 valence electrons. The normalized spacial score (nSPS) is 13.2. The first-order valence-corrected chi connectivity index (χ1v) is 8.54. The summed E-state index contributed by atoms with van der Waals surface area (Å²) in [6.07, 6.45) is 3.47. The molecule has 7 heteroatoms. The number of nitrogens with zero attached hydrogens (tertiary/aromatic N) is 2. The van der Waals surface area contributed by atoms with Crippen LogP contribution in [0.5, 0.6) is 0 Å². The zero-order chi connectivity index (χ0) is 17.8. The molecule has 0 atom stereocenters. The average molecular weight is 344 g/mol. The Balaban J connectivity index is 1.87. The highest BCUT2D eigenvalue weighted by Gasteiger charge is 2.27. The van der Waals surface area contributed by atoms with E-state index in [0.717, 1.165) is 31.4 Å². The zero-order valence-corrected chi connectivity index (χ0v) is 14.1. The number of hydrogen-bond acceptors (Lipinski definition) is 3. The van der Waals surface area contributed by atoms with E-state index in [-0.39, 0.29) is 17.5 Å². The molecule has 2 aromatic rings. The molecule has 0 aliphatic carbocycles. The van der Waals surface area contributed by atoms with E-state index in [1.807, 2.05) is 11.5 Å². The lowest BCUT2D eigenvalue weighted by Gasteiger charge is -2.17. The molecule has 3 rings (SSSR count). The molecule has 1 aromatic heterocycles. The number of rotatable bonds is 5. The summed E-state index contributed by atoms with van der Waals surface area (Å²) >= 11 is 0. The van der Waals surface area contributed by atoms with Crippen LogP contribution < -0.4 is 10.6 Å². The fraction of sp³-hybridized carbons (Fsp3) is 0.389. The van der Waals surface area contributed by atoms with Crippen LogP contribution in [0, 0.1) is 5.82 Å². The smallest absolute Gasteiger partial charge is 0.291 e. The van der Waals surface area contributed by atoms with Gasteiger partial charge in [-0.05, 0) is 49.9 Å². The maximum atomic E-state index is 13.0. The third-order valence-corrected chi connectivity index (χ3v) is 4.17. The molecule has 0 radical (unpaired) electrons. The van der Waals surface area contributed by atoms with Gasteiger partial charge in [-0.1, -0.05) is 6.92 Å².